The number of halogens is 2. The summed E-state index contributed by atoms with van der Waals surface area (Å²) >= 11 is 3.10. The molecule has 0 aliphatic heterocycles. The van der Waals surface area contributed by atoms with Crippen LogP contribution in [0.2, 0.25) is 0 Å². The van der Waals surface area contributed by atoms with Gasteiger partial charge in [-0.3, -0.25) is 4.79 Å². The summed E-state index contributed by atoms with van der Waals surface area (Å²) in [6, 6.07) is 4.52. The highest BCUT2D eigenvalue weighted by Crippen LogP contribution is 2.18. The second-order valence-corrected chi connectivity index (χ2v) is 6.48. The van der Waals surface area contributed by atoms with Gasteiger partial charge in [0.2, 0.25) is 0 Å². The summed E-state index contributed by atoms with van der Waals surface area (Å²) in [6.07, 6.45) is 0. The third-order valence-corrected chi connectivity index (χ3v) is 3.27. The molecule has 2 nitrogen and oxygen atoms in total. The Bertz CT molecular complexity index is 436. The van der Waals surface area contributed by atoms with E-state index >= 15 is 0 Å². The molecule has 0 heterocycles. The minimum absolute atomic E-state index is 0.103. The lowest BCUT2D eigenvalue weighted by Gasteiger charge is -2.26. The van der Waals surface area contributed by atoms with Crippen LogP contribution in [0.3, 0.4) is 0 Å². The molecule has 0 aliphatic carbocycles. The van der Waals surface area contributed by atoms with Crippen LogP contribution >= 0.6 is 15.9 Å². The number of nitrogens with zero attached hydrogens (tertiary/aromatic N) is 1. The second-order valence-electron chi connectivity index (χ2n) is 5.63. The summed E-state index contributed by atoms with van der Waals surface area (Å²) in [7, 11) is 0. The zero-order valence-corrected chi connectivity index (χ0v) is 13.5. The lowest BCUT2D eigenvalue weighted by molar-refractivity contribution is 0.0714. The third-order valence-electron chi connectivity index (χ3n) is 2.62. The Balaban J connectivity index is 2.94. The average molecular weight is 330 g/mol. The molecule has 1 rings (SSSR count). The van der Waals surface area contributed by atoms with Gasteiger partial charge in [-0.25, -0.2) is 4.39 Å². The molecule has 0 radical (unpaired) electrons. The van der Waals surface area contributed by atoms with Gasteiger partial charge in [0, 0.05) is 18.7 Å². The second kappa shape index (κ2) is 7.04. The first kappa shape index (κ1) is 16.2. The first-order valence-corrected chi connectivity index (χ1v) is 7.35. The van der Waals surface area contributed by atoms with Gasteiger partial charge in [0.05, 0.1) is 4.47 Å². The lowest BCUT2D eigenvalue weighted by atomic mass is 10.1. The first-order valence-electron chi connectivity index (χ1n) is 6.55. The molecule has 0 bridgehead atoms. The van der Waals surface area contributed by atoms with E-state index < -0.39 is 5.82 Å². The van der Waals surface area contributed by atoms with Crippen molar-refractivity contribution in [1.82, 2.24) is 4.90 Å². The minimum atomic E-state index is -0.403. The number of benzene rings is 1. The highest BCUT2D eigenvalue weighted by molar-refractivity contribution is 9.10. The minimum Gasteiger partial charge on any atom is -0.338 e. The molecule has 1 aromatic rings. The van der Waals surface area contributed by atoms with Crippen molar-refractivity contribution in [2.24, 2.45) is 11.8 Å². The van der Waals surface area contributed by atoms with Gasteiger partial charge in [-0.2, -0.15) is 0 Å². The van der Waals surface area contributed by atoms with Crippen LogP contribution in [0.5, 0.6) is 0 Å². The van der Waals surface area contributed by atoms with Gasteiger partial charge in [0.1, 0.15) is 5.82 Å². The summed E-state index contributed by atoms with van der Waals surface area (Å²) in [5.41, 5.74) is 0.405. The molecule has 0 saturated carbocycles. The van der Waals surface area contributed by atoms with Crippen LogP contribution in [0.4, 0.5) is 4.39 Å². The zero-order valence-electron chi connectivity index (χ0n) is 11.9. The summed E-state index contributed by atoms with van der Waals surface area (Å²) < 4.78 is 13.9. The van der Waals surface area contributed by atoms with E-state index in [1.807, 2.05) is 0 Å². The number of hydrogen-bond acceptors (Lipinski definition) is 1. The van der Waals surface area contributed by atoms with Crippen molar-refractivity contribution in [3.05, 3.63) is 34.1 Å². The number of hydrogen-bond donors (Lipinski definition) is 0. The average Bonchev–Trinajstić information content (AvgIpc) is 2.29. The molecule has 1 aromatic carbocycles. The van der Waals surface area contributed by atoms with Gasteiger partial charge in [-0.15, -0.1) is 0 Å². The molecule has 0 unspecified atom stereocenters. The first-order chi connectivity index (χ1) is 8.81. The van der Waals surface area contributed by atoms with Crippen molar-refractivity contribution in [3.8, 4) is 0 Å². The Kier molecular flexibility index (Phi) is 5.98. The molecule has 0 saturated heterocycles. The van der Waals surface area contributed by atoms with Gasteiger partial charge >= 0.3 is 0 Å². The summed E-state index contributed by atoms with van der Waals surface area (Å²) in [6.45, 7) is 9.67. The molecule has 1 amide bonds. The Labute approximate surface area is 123 Å². The standard InChI is InChI=1S/C15H21BrFNO/c1-10(2)8-18(9-11(3)4)15(19)12-5-6-13(16)14(17)7-12/h5-7,10-11H,8-9H2,1-4H3. The molecule has 0 fully saturated rings. The maximum absolute atomic E-state index is 13.5. The highest BCUT2D eigenvalue weighted by Gasteiger charge is 2.18. The number of carbonyl (C=O) groups excluding carboxylic acids is 1. The van der Waals surface area contributed by atoms with Gasteiger partial charge in [0.25, 0.3) is 5.91 Å². The van der Waals surface area contributed by atoms with Crippen molar-refractivity contribution >= 4 is 21.8 Å². The van der Waals surface area contributed by atoms with Crippen molar-refractivity contribution in [2.75, 3.05) is 13.1 Å². The van der Waals surface area contributed by atoms with E-state index in [1.54, 1.807) is 17.0 Å². The fraction of sp³-hybridized carbons (Fsp3) is 0.533. The van der Waals surface area contributed by atoms with Crippen LogP contribution in [0.1, 0.15) is 38.1 Å². The van der Waals surface area contributed by atoms with E-state index in [-0.39, 0.29) is 5.91 Å². The van der Waals surface area contributed by atoms with E-state index in [0.717, 1.165) is 0 Å². The Morgan fingerprint density at radius 2 is 1.74 bits per heavy atom. The largest absolute Gasteiger partial charge is 0.338 e. The molecule has 0 N–H and O–H groups in total. The van der Waals surface area contributed by atoms with Crippen molar-refractivity contribution in [3.63, 3.8) is 0 Å². The Morgan fingerprint density at radius 1 is 1.21 bits per heavy atom. The van der Waals surface area contributed by atoms with Crippen LogP contribution in [-0.4, -0.2) is 23.9 Å². The fourth-order valence-corrected chi connectivity index (χ4v) is 2.18. The van der Waals surface area contributed by atoms with Crippen molar-refractivity contribution < 1.29 is 9.18 Å². The van der Waals surface area contributed by atoms with E-state index in [9.17, 15) is 9.18 Å². The molecule has 19 heavy (non-hydrogen) atoms. The van der Waals surface area contributed by atoms with Crippen LogP contribution in [0.25, 0.3) is 0 Å². The topological polar surface area (TPSA) is 20.3 Å². The van der Waals surface area contributed by atoms with Gasteiger partial charge in [-0.05, 0) is 46.0 Å². The van der Waals surface area contributed by atoms with Gasteiger partial charge < -0.3 is 4.90 Å². The SMILES string of the molecule is CC(C)CN(CC(C)C)C(=O)c1ccc(Br)c(F)c1. The van der Waals surface area contributed by atoms with E-state index in [0.29, 0.717) is 35.0 Å². The predicted molar refractivity (Wildman–Crippen MR) is 79.7 cm³/mol. The molecule has 0 aromatic heterocycles. The number of carbonyl (C=O) groups is 1. The normalized spacial score (nSPS) is 11.2. The van der Waals surface area contributed by atoms with Crippen molar-refractivity contribution in [2.45, 2.75) is 27.7 Å². The smallest absolute Gasteiger partial charge is 0.253 e. The lowest BCUT2D eigenvalue weighted by Crippen LogP contribution is -2.37. The maximum atomic E-state index is 13.5. The molecular formula is C15H21BrFNO. The van der Waals surface area contributed by atoms with Crippen LogP contribution in [-0.2, 0) is 0 Å². The monoisotopic (exact) mass is 329 g/mol. The maximum Gasteiger partial charge on any atom is 0.253 e. The van der Waals surface area contributed by atoms with E-state index in [1.165, 1.54) is 6.07 Å². The Hall–Kier alpha value is -0.900. The molecule has 106 valence electrons. The summed E-state index contributed by atoms with van der Waals surface area (Å²) in [4.78, 5) is 14.2. The van der Waals surface area contributed by atoms with Gasteiger partial charge in [0.15, 0.2) is 0 Å². The van der Waals surface area contributed by atoms with Gasteiger partial charge in [-0.1, -0.05) is 27.7 Å². The van der Waals surface area contributed by atoms with Crippen LogP contribution in [0, 0.1) is 17.7 Å². The quantitative estimate of drug-likeness (QED) is 0.786. The molecule has 0 aliphatic rings. The van der Waals surface area contributed by atoms with Crippen molar-refractivity contribution in [1.29, 1.82) is 0 Å². The number of rotatable bonds is 5. The van der Waals surface area contributed by atoms with Crippen LogP contribution < -0.4 is 0 Å². The summed E-state index contributed by atoms with van der Waals surface area (Å²) in [5.74, 6) is 0.277. The summed E-state index contributed by atoms with van der Waals surface area (Å²) in [5, 5.41) is 0. The number of amides is 1. The third kappa shape index (κ3) is 4.94. The van der Waals surface area contributed by atoms with Crippen LogP contribution in [0.15, 0.2) is 22.7 Å². The van der Waals surface area contributed by atoms with E-state index in [2.05, 4.69) is 43.6 Å². The highest BCUT2D eigenvalue weighted by atomic mass is 79.9. The molecular weight excluding hydrogens is 309 g/mol. The molecule has 0 atom stereocenters. The Morgan fingerprint density at radius 3 is 2.16 bits per heavy atom. The zero-order chi connectivity index (χ0) is 14.6. The molecule has 4 heteroatoms. The van der Waals surface area contributed by atoms with E-state index in [4.69, 9.17) is 0 Å². The molecule has 0 spiro atoms. The predicted octanol–water partition coefficient (Wildman–Crippen LogP) is 4.34. The fourth-order valence-electron chi connectivity index (χ4n) is 1.93.